The smallest absolute Gasteiger partial charge is 0.270 e. The molecule has 5 heterocycles. The molecule has 6 rings (SSSR count). The number of benzene rings is 1. The summed E-state index contributed by atoms with van der Waals surface area (Å²) < 4.78 is 4.14. The maximum atomic E-state index is 12.7. The van der Waals surface area contributed by atoms with Gasteiger partial charge in [-0.15, -0.1) is 10.2 Å². The van der Waals surface area contributed by atoms with E-state index >= 15 is 0 Å². The van der Waals surface area contributed by atoms with Crippen LogP contribution in [-0.4, -0.2) is 53.7 Å². The third-order valence-electron chi connectivity index (χ3n) is 7.19. The molecule has 5 aromatic rings. The van der Waals surface area contributed by atoms with Crippen LogP contribution in [0.5, 0.6) is 0 Å². The van der Waals surface area contributed by atoms with E-state index in [-0.39, 0.29) is 5.91 Å². The van der Waals surface area contributed by atoms with E-state index < -0.39 is 0 Å². The van der Waals surface area contributed by atoms with Gasteiger partial charge in [0, 0.05) is 66.8 Å². The topological polar surface area (TPSA) is 81.7 Å². The lowest BCUT2D eigenvalue weighted by Crippen LogP contribution is -2.36. The van der Waals surface area contributed by atoms with Crippen molar-refractivity contribution in [3.05, 3.63) is 73.1 Å². The van der Waals surface area contributed by atoms with Crippen molar-refractivity contribution in [2.45, 2.75) is 32.9 Å². The summed E-state index contributed by atoms with van der Waals surface area (Å²) in [5.74, 6) is 0.904. The first-order valence-corrected chi connectivity index (χ1v) is 12.2. The second-order valence-corrected chi connectivity index (χ2v) is 9.36. The average Bonchev–Trinajstić information content (AvgIpc) is 3.56. The molecule has 0 fully saturated rings. The second-order valence-electron chi connectivity index (χ2n) is 9.36. The van der Waals surface area contributed by atoms with Crippen molar-refractivity contribution < 1.29 is 4.79 Å². The van der Waals surface area contributed by atoms with E-state index in [0.29, 0.717) is 18.3 Å². The highest BCUT2D eigenvalue weighted by Crippen LogP contribution is 2.33. The first-order valence-electron chi connectivity index (χ1n) is 12.2. The molecule has 0 radical (unpaired) electrons. The number of aromatic nitrogens is 6. The molecule has 0 bridgehead atoms. The molecule has 180 valence electrons. The Morgan fingerprint density at radius 1 is 0.972 bits per heavy atom. The summed E-state index contributed by atoms with van der Waals surface area (Å²) in [6.45, 7) is 5.76. The summed E-state index contributed by atoms with van der Waals surface area (Å²) in [7, 11) is 1.84. The maximum Gasteiger partial charge on any atom is 0.270 e. The SMILES string of the molecule is CC[C@H](C)n1cnnc1-c1ccc(-c2cncc(-c3ccnc4c3cc3n4CCN(C)C3=O)c2)cc1. The zero-order valence-corrected chi connectivity index (χ0v) is 20.6. The highest BCUT2D eigenvalue weighted by atomic mass is 16.2. The van der Waals surface area contributed by atoms with Crippen molar-refractivity contribution in [2.75, 3.05) is 13.6 Å². The minimum atomic E-state index is 0.0290. The Hall–Kier alpha value is -4.33. The van der Waals surface area contributed by atoms with E-state index in [9.17, 15) is 4.79 Å². The molecular weight excluding hydrogens is 450 g/mol. The van der Waals surface area contributed by atoms with Crippen LogP contribution in [0.2, 0.25) is 0 Å². The Kier molecular flexibility index (Phi) is 5.36. The highest BCUT2D eigenvalue weighted by molar-refractivity contribution is 6.03. The molecule has 36 heavy (non-hydrogen) atoms. The largest absolute Gasteiger partial charge is 0.339 e. The standard InChI is InChI=1S/C28H27N7O/c1-4-18(2)35-17-31-32-26(35)20-7-5-19(6-8-20)21-13-22(16-29-15-21)23-9-10-30-27-24(23)14-25-28(36)33(3)11-12-34(25)27/h5-10,13-18H,4,11-12H2,1-3H3/t18-/m0/s1. The minimum absolute atomic E-state index is 0.0290. The van der Waals surface area contributed by atoms with Crippen molar-refractivity contribution >= 4 is 16.9 Å². The van der Waals surface area contributed by atoms with Crippen LogP contribution in [0, 0.1) is 0 Å². The molecule has 1 amide bonds. The molecule has 0 spiro atoms. The second kappa shape index (κ2) is 8.71. The summed E-state index contributed by atoms with van der Waals surface area (Å²) in [6.07, 6.45) is 8.36. The fourth-order valence-corrected chi connectivity index (χ4v) is 4.88. The van der Waals surface area contributed by atoms with E-state index in [1.54, 1.807) is 11.2 Å². The van der Waals surface area contributed by atoms with Gasteiger partial charge in [-0.3, -0.25) is 9.78 Å². The van der Waals surface area contributed by atoms with Gasteiger partial charge in [0.2, 0.25) is 0 Å². The zero-order chi connectivity index (χ0) is 24.8. The van der Waals surface area contributed by atoms with Crippen LogP contribution in [0.25, 0.3) is 44.7 Å². The van der Waals surface area contributed by atoms with Crippen molar-refractivity contribution in [1.29, 1.82) is 0 Å². The molecule has 0 aliphatic carbocycles. The van der Waals surface area contributed by atoms with Crippen molar-refractivity contribution in [3.63, 3.8) is 0 Å². The molecule has 1 aliphatic rings. The average molecular weight is 478 g/mol. The number of carbonyl (C=O) groups excluding carboxylic acids is 1. The van der Waals surface area contributed by atoms with Crippen LogP contribution < -0.4 is 0 Å². The molecule has 1 aromatic carbocycles. The first-order chi connectivity index (χ1) is 17.5. The third-order valence-corrected chi connectivity index (χ3v) is 7.19. The first kappa shape index (κ1) is 22.2. The van der Waals surface area contributed by atoms with Crippen LogP contribution in [0.15, 0.2) is 67.4 Å². The van der Waals surface area contributed by atoms with Gasteiger partial charge in [-0.05, 0) is 42.7 Å². The number of fused-ring (bicyclic) bond motifs is 3. The van der Waals surface area contributed by atoms with Gasteiger partial charge in [0.15, 0.2) is 5.82 Å². The third kappa shape index (κ3) is 3.57. The number of hydrogen-bond acceptors (Lipinski definition) is 5. The van der Waals surface area contributed by atoms with E-state index in [2.05, 4.69) is 68.9 Å². The van der Waals surface area contributed by atoms with Crippen molar-refractivity contribution in [1.82, 2.24) is 34.2 Å². The zero-order valence-electron chi connectivity index (χ0n) is 20.6. The number of hydrogen-bond donors (Lipinski definition) is 0. The molecule has 4 aromatic heterocycles. The lowest BCUT2D eigenvalue weighted by molar-refractivity contribution is 0.0751. The monoisotopic (exact) mass is 477 g/mol. The Balaban J connectivity index is 1.37. The predicted molar refractivity (Wildman–Crippen MR) is 139 cm³/mol. The van der Waals surface area contributed by atoms with Crippen LogP contribution in [0.3, 0.4) is 0 Å². The molecule has 0 saturated heterocycles. The molecule has 1 atom stereocenters. The van der Waals surface area contributed by atoms with Gasteiger partial charge >= 0.3 is 0 Å². The quantitative estimate of drug-likeness (QED) is 0.353. The molecule has 0 saturated carbocycles. The normalized spacial score (nSPS) is 14.3. The lowest BCUT2D eigenvalue weighted by atomic mass is 10.00. The Bertz CT molecular complexity index is 1580. The van der Waals surface area contributed by atoms with Gasteiger partial charge in [-0.25, -0.2) is 4.98 Å². The lowest BCUT2D eigenvalue weighted by Gasteiger charge is -2.24. The van der Waals surface area contributed by atoms with Crippen molar-refractivity contribution in [3.8, 4) is 33.6 Å². The molecular formula is C28H27N7O. The fourth-order valence-electron chi connectivity index (χ4n) is 4.88. The Morgan fingerprint density at radius 3 is 2.56 bits per heavy atom. The Morgan fingerprint density at radius 2 is 1.75 bits per heavy atom. The van der Waals surface area contributed by atoms with Gasteiger partial charge in [0.1, 0.15) is 17.7 Å². The number of likely N-dealkylation sites (N-methyl/N-ethyl adjacent to an activating group) is 1. The molecule has 0 N–H and O–H groups in total. The van der Waals surface area contributed by atoms with Crippen LogP contribution >= 0.6 is 0 Å². The maximum absolute atomic E-state index is 12.7. The number of pyridine rings is 2. The summed E-state index contributed by atoms with van der Waals surface area (Å²) >= 11 is 0. The molecule has 0 unspecified atom stereocenters. The van der Waals surface area contributed by atoms with Crippen molar-refractivity contribution in [2.24, 2.45) is 0 Å². The van der Waals surface area contributed by atoms with Gasteiger partial charge in [-0.1, -0.05) is 31.2 Å². The molecule has 8 heteroatoms. The number of rotatable bonds is 5. The summed E-state index contributed by atoms with van der Waals surface area (Å²) in [5.41, 5.74) is 6.65. The van der Waals surface area contributed by atoms with Crippen LogP contribution in [0.4, 0.5) is 0 Å². The molecule has 1 aliphatic heterocycles. The summed E-state index contributed by atoms with van der Waals surface area (Å²) in [4.78, 5) is 23.6. The van der Waals surface area contributed by atoms with Crippen LogP contribution in [0.1, 0.15) is 36.8 Å². The number of carbonyl (C=O) groups is 1. The van der Waals surface area contributed by atoms with Gasteiger partial charge < -0.3 is 14.0 Å². The Labute approximate surface area is 209 Å². The number of nitrogens with zero attached hydrogens (tertiary/aromatic N) is 7. The van der Waals surface area contributed by atoms with Crippen LogP contribution in [-0.2, 0) is 6.54 Å². The predicted octanol–water partition coefficient (Wildman–Crippen LogP) is 5.08. The molecule has 8 nitrogen and oxygen atoms in total. The van der Waals surface area contributed by atoms with E-state index in [1.165, 1.54) is 0 Å². The van der Waals surface area contributed by atoms with Gasteiger partial charge in [0.25, 0.3) is 5.91 Å². The number of amides is 1. The highest BCUT2D eigenvalue weighted by Gasteiger charge is 2.25. The van der Waals surface area contributed by atoms with Gasteiger partial charge in [-0.2, -0.15) is 0 Å². The minimum Gasteiger partial charge on any atom is -0.339 e. The van der Waals surface area contributed by atoms with E-state index in [1.807, 2.05) is 42.3 Å². The summed E-state index contributed by atoms with van der Waals surface area (Å²) in [5, 5.41) is 9.43. The summed E-state index contributed by atoms with van der Waals surface area (Å²) in [6, 6.07) is 14.8. The fraction of sp³-hybridized carbons (Fsp3) is 0.250. The van der Waals surface area contributed by atoms with E-state index in [0.717, 1.165) is 57.6 Å². The van der Waals surface area contributed by atoms with Gasteiger partial charge in [0.05, 0.1) is 0 Å². The van der Waals surface area contributed by atoms with E-state index in [4.69, 9.17) is 0 Å².